The fourth-order valence-electron chi connectivity index (χ4n) is 1.89. The molecule has 2 atom stereocenters. The van der Waals surface area contributed by atoms with Gasteiger partial charge in [-0.3, -0.25) is 0 Å². The predicted molar refractivity (Wildman–Crippen MR) is 57.6 cm³/mol. The van der Waals surface area contributed by atoms with Crippen LogP contribution in [0, 0.1) is 5.92 Å². The summed E-state index contributed by atoms with van der Waals surface area (Å²) in [7, 11) is 0. The molecule has 78 valence electrons. The van der Waals surface area contributed by atoms with Gasteiger partial charge in [-0.2, -0.15) is 0 Å². The Morgan fingerprint density at radius 3 is 3.21 bits per heavy atom. The van der Waals surface area contributed by atoms with Crippen LogP contribution in [0.1, 0.15) is 18.2 Å². The molecule has 0 bridgehead atoms. The van der Waals surface area contributed by atoms with Crippen molar-refractivity contribution in [2.24, 2.45) is 5.92 Å². The Balaban J connectivity index is 2.07. The first-order valence-electron chi connectivity index (χ1n) is 5.03. The van der Waals surface area contributed by atoms with Gasteiger partial charge in [-0.25, -0.2) is 0 Å². The van der Waals surface area contributed by atoms with Crippen LogP contribution in [0.5, 0.6) is 0 Å². The Hall–Kier alpha value is -0.380. The summed E-state index contributed by atoms with van der Waals surface area (Å²) in [5.74, 6) is 0.235. The van der Waals surface area contributed by atoms with E-state index >= 15 is 0 Å². The maximum Gasteiger partial charge on any atom is 0.0765 e. The van der Waals surface area contributed by atoms with Crippen LogP contribution < -0.4 is 0 Å². The molecule has 0 aliphatic carbocycles. The number of hydrogen-bond acceptors (Lipinski definition) is 3. The fourth-order valence-corrected chi connectivity index (χ4v) is 2.71. The minimum Gasteiger partial charge on any atom is -0.389 e. The Morgan fingerprint density at radius 2 is 2.57 bits per heavy atom. The third kappa shape index (κ3) is 2.00. The van der Waals surface area contributed by atoms with Gasteiger partial charge in [0, 0.05) is 30.2 Å². The van der Waals surface area contributed by atoms with Crippen molar-refractivity contribution in [1.82, 2.24) is 0 Å². The summed E-state index contributed by atoms with van der Waals surface area (Å²) in [5.41, 5.74) is -0.552. The summed E-state index contributed by atoms with van der Waals surface area (Å²) < 4.78 is 5.34. The summed E-state index contributed by atoms with van der Waals surface area (Å²) in [5, 5.41) is 12.5. The molecule has 1 aromatic heterocycles. The van der Waals surface area contributed by atoms with Crippen molar-refractivity contribution in [2.45, 2.75) is 25.4 Å². The zero-order chi connectivity index (χ0) is 10.0. The highest BCUT2D eigenvalue weighted by Crippen LogP contribution is 2.31. The summed E-state index contributed by atoms with van der Waals surface area (Å²) >= 11 is 1.72. The summed E-state index contributed by atoms with van der Waals surface area (Å²) in [6, 6.07) is 4.12. The van der Waals surface area contributed by atoms with Gasteiger partial charge < -0.3 is 9.84 Å². The highest BCUT2D eigenvalue weighted by Gasteiger charge is 2.36. The van der Waals surface area contributed by atoms with E-state index in [4.69, 9.17) is 4.74 Å². The lowest BCUT2D eigenvalue weighted by Crippen LogP contribution is -2.45. The molecule has 14 heavy (non-hydrogen) atoms. The lowest BCUT2D eigenvalue weighted by atomic mass is 9.82. The van der Waals surface area contributed by atoms with Gasteiger partial charge in [-0.05, 0) is 11.4 Å². The Kier molecular flexibility index (Phi) is 2.91. The molecule has 3 heteroatoms. The van der Waals surface area contributed by atoms with Crippen LogP contribution in [0.15, 0.2) is 17.5 Å². The Bertz CT molecular complexity index is 283. The van der Waals surface area contributed by atoms with Crippen molar-refractivity contribution in [2.75, 3.05) is 13.2 Å². The first kappa shape index (κ1) is 10.1. The Labute approximate surface area is 88.5 Å². The van der Waals surface area contributed by atoms with Crippen molar-refractivity contribution in [3.05, 3.63) is 22.4 Å². The lowest BCUT2D eigenvalue weighted by molar-refractivity contribution is -0.105. The highest BCUT2D eigenvalue weighted by molar-refractivity contribution is 7.09. The molecule has 1 aliphatic heterocycles. The molecule has 1 fully saturated rings. The predicted octanol–water partition coefficient (Wildman–Crippen LogP) is 2.08. The fraction of sp³-hybridized carbons (Fsp3) is 0.636. The molecule has 0 aromatic carbocycles. The van der Waals surface area contributed by atoms with E-state index in [0.717, 1.165) is 12.8 Å². The number of aliphatic hydroxyl groups is 1. The van der Waals surface area contributed by atoms with E-state index < -0.39 is 5.60 Å². The quantitative estimate of drug-likeness (QED) is 0.813. The van der Waals surface area contributed by atoms with Gasteiger partial charge in [0.05, 0.1) is 12.2 Å². The van der Waals surface area contributed by atoms with E-state index in [1.165, 1.54) is 4.88 Å². The van der Waals surface area contributed by atoms with Gasteiger partial charge in [0.2, 0.25) is 0 Å². The maximum atomic E-state index is 10.4. The van der Waals surface area contributed by atoms with E-state index in [0.29, 0.717) is 13.2 Å². The normalized spacial score (nSPS) is 33.1. The third-order valence-corrected chi connectivity index (χ3v) is 3.90. The first-order chi connectivity index (χ1) is 6.71. The zero-order valence-corrected chi connectivity index (χ0v) is 9.22. The van der Waals surface area contributed by atoms with Crippen molar-refractivity contribution < 1.29 is 9.84 Å². The van der Waals surface area contributed by atoms with Crippen LogP contribution in [-0.2, 0) is 11.2 Å². The molecule has 2 rings (SSSR count). The van der Waals surface area contributed by atoms with Crippen molar-refractivity contribution in [1.29, 1.82) is 0 Å². The molecule has 2 unspecified atom stereocenters. The molecule has 2 nitrogen and oxygen atoms in total. The van der Waals surface area contributed by atoms with Crippen LogP contribution in [0.25, 0.3) is 0 Å². The van der Waals surface area contributed by atoms with Crippen LogP contribution in [-0.4, -0.2) is 23.9 Å². The van der Waals surface area contributed by atoms with Crippen molar-refractivity contribution in [3.8, 4) is 0 Å². The second-order valence-corrected chi connectivity index (χ2v) is 5.12. The summed E-state index contributed by atoms with van der Waals surface area (Å²) in [6.07, 6.45) is 1.53. The molecular weight excluding hydrogens is 196 g/mol. The van der Waals surface area contributed by atoms with E-state index in [9.17, 15) is 5.11 Å². The zero-order valence-electron chi connectivity index (χ0n) is 8.40. The van der Waals surface area contributed by atoms with Crippen LogP contribution >= 0.6 is 11.3 Å². The SMILES string of the molecule is CC1COCCC1(O)Cc1cccs1. The van der Waals surface area contributed by atoms with Gasteiger partial charge in [0.15, 0.2) is 0 Å². The molecule has 1 N–H and O–H groups in total. The third-order valence-electron chi connectivity index (χ3n) is 3.02. The van der Waals surface area contributed by atoms with E-state index in [1.807, 2.05) is 6.07 Å². The first-order valence-corrected chi connectivity index (χ1v) is 5.91. The second-order valence-electron chi connectivity index (χ2n) is 4.09. The average Bonchev–Trinajstić information content (AvgIpc) is 2.63. The second kappa shape index (κ2) is 4.01. The lowest BCUT2D eigenvalue weighted by Gasteiger charge is -2.37. The van der Waals surface area contributed by atoms with Gasteiger partial charge in [0.25, 0.3) is 0 Å². The van der Waals surface area contributed by atoms with E-state index in [1.54, 1.807) is 11.3 Å². The minimum absolute atomic E-state index is 0.235. The standard InChI is InChI=1S/C11H16O2S/c1-9-8-13-5-4-11(9,12)7-10-3-2-6-14-10/h2-3,6,9,12H,4-5,7-8H2,1H3. The largest absolute Gasteiger partial charge is 0.389 e. The number of rotatable bonds is 2. The molecule has 0 radical (unpaired) electrons. The molecule has 0 amide bonds. The molecule has 0 spiro atoms. The minimum atomic E-state index is -0.552. The van der Waals surface area contributed by atoms with Crippen LogP contribution in [0.2, 0.25) is 0 Å². The maximum absolute atomic E-state index is 10.4. The number of ether oxygens (including phenoxy) is 1. The smallest absolute Gasteiger partial charge is 0.0765 e. The molecule has 1 aromatic rings. The molecule has 1 aliphatic rings. The van der Waals surface area contributed by atoms with Gasteiger partial charge in [-0.1, -0.05) is 13.0 Å². The van der Waals surface area contributed by atoms with Crippen molar-refractivity contribution >= 4 is 11.3 Å². The van der Waals surface area contributed by atoms with E-state index in [-0.39, 0.29) is 5.92 Å². The molecule has 0 saturated carbocycles. The highest BCUT2D eigenvalue weighted by atomic mass is 32.1. The number of hydrogen-bond donors (Lipinski definition) is 1. The Morgan fingerprint density at radius 1 is 1.71 bits per heavy atom. The van der Waals surface area contributed by atoms with E-state index in [2.05, 4.69) is 18.4 Å². The summed E-state index contributed by atoms with van der Waals surface area (Å²) in [6.45, 7) is 3.43. The average molecular weight is 212 g/mol. The van der Waals surface area contributed by atoms with Crippen molar-refractivity contribution in [3.63, 3.8) is 0 Å². The molecule has 2 heterocycles. The van der Waals surface area contributed by atoms with Gasteiger partial charge in [0.1, 0.15) is 0 Å². The van der Waals surface area contributed by atoms with Gasteiger partial charge >= 0.3 is 0 Å². The topological polar surface area (TPSA) is 29.5 Å². The summed E-state index contributed by atoms with van der Waals surface area (Å²) in [4.78, 5) is 1.27. The van der Waals surface area contributed by atoms with Gasteiger partial charge in [-0.15, -0.1) is 11.3 Å². The molecular formula is C11H16O2S. The monoisotopic (exact) mass is 212 g/mol. The van der Waals surface area contributed by atoms with Crippen LogP contribution in [0.4, 0.5) is 0 Å². The molecule has 1 saturated heterocycles. The number of thiophene rings is 1. The van der Waals surface area contributed by atoms with Crippen LogP contribution in [0.3, 0.4) is 0 Å².